The Labute approximate surface area is 93.3 Å². The van der Waals surface area contributed by atoms with Crippen molar-refractivity contribution in [2.45, 2.75) is 13.8 Å². The van der Waals surface area contributed by atoms with Crippen LogP contribution in [-0.4, -0.2) is 17.9 Å². The van der Waals surface area contributed by atoms with Crippen molar-refractivity contribution in [3.63, 3.8) is 0 Å². The number of nitrogens with two attached hydrogens (primary N) is 1. The molecule has 0 spiro atoms. The Bertz CT molecular complexity index is 433. The quantitative estimate of drug-likeness (QED) is 0.343. The fourth-order valence-corrected chi connectivity index (χ4v) is 1.69. The number of rotatable bonds is 2. The predicted molar refractivity (Wildman–Crippen MR) is 62.9 cm³/mol. The van der Waals surface area contributed by atoms with Gasteiger partial charge in [0.1, 0.15) is 0 Å². The van der Waals surface area contributed by atoms with Crippen molar-refractivity contribution >= 4 is 17.3 Å². The van der Waals surface area contributed by atoms with E-state index in [1.54, 1.807) is 20.9 Å². The van der Waals surface area contributed by atoms with Gasteiger partial charge in [-0.05, 0) is 25.0 Å². The number of nitro groups is 1. The lowest BCUT2D eigenvalue weighted by Gasteiger charge is -2.21. The van der Waals surface area contributed by atoms with E-state index in [-0.39, 0.29) is 11.6 Å². The number of hydrogen-bond donors (Lipinski definition) is 2. The standard InChI is InChI=1S/C10H14N4O2/c1-6-4-8(14(15)16)5-7(2)9(6)13(3)10(11)12/h4-5H,1-3H3,(H3,11,12). The van der Waals surface area contributed by atoms with Crippen molar-refractivity contribution in [2.24, 2.45) is 5.73 Å². The highest BCUT2D eigenvalue weighted by Crippen LogP contribution is 2.28. The molecule has 0 saturated carbocycles. The number of benzene rings is 1. The smallest absolute Gasteiger partial charge is 0.270 e. The van der Waals surface area contributed by atoms with Gasteiger partial charge in [-0.1, -0.05) is 0 Å². The summed E-state index contributed by atoms with van der Waals surface area (Å²) in [6, 6.07) is 2.95. The van der Waals surface area contributed by atoms with Gasteiger partial charge in [-0.2, -0.15) is 0 Å². The first kappa shape index (κ1) is 12.0. The second-order valence-corrected chi connectivity index (χ2v) is 3.63. The van der Waals surface area contributed by atoms with Crippen LogP contribution in [0.5, 0.6) is 0 Å². The maximum Gasteiger partial charge on any atom is 0.270 e. The van der Waals surface area contributed by atoms with E-state index in [9.17, 15) is 10.1 Å². The molecule has 6 heteroatoms. The van der Waals surface area contributed by atoms with Gasteiger partial charge >= 0.3 is 0 Å². The molecule has 0 heterocycles. The lowest BCUT2D eigenvalue weighted by Crippen LogP contribution is -2.33. The first-order chi connectivity index (χ1) is 7.34. The zero-order valence-corrected chi connectivity index (χ0v) is 9.44. The molecule has 0 atom stereocenters. The third kappa shape index (κ3) is 2.10. The number of nitrogens with one attached hydrogen (secondary N) is 1. The summed E-state index contributed by atoms with van der Waals surface area (Å²) in [5.74, 6) is -0.0972. The molecule has 86 valence electrons. The lowest BCUT2D eigenvalue weighted by atomic mass is 10.1. The molecular formula is C10H14N4O2. The number of guanidine groups is 1. The molecule has 0 bridgehead atoms. The average molecular weight is 222 g/mol. The van der Waals surface area contributed by atoms with E-state index in [0.29, 0.717) is 0 Å². The first-order valence-electron chi connectivity index (χ1n) is 4.68. The van der Waals surface area contributed by atoms with Crippen LogP contribution in [-0.2, 0) is 0 Å². The van der Waals surface area contributed by atoms with E-state index in [1.807, 2.05) is 0 Å². The van der Waals surface area contributed by atoms with Crippen LogP contribution in [0.25, 0.3) is 0 Å². The van der Waals surface area contributed by atoms with Gasteiger partial charge in [0.05, 0.1) is 4.92 Å². The van der Waals surface area contributed by atoms with Gasteiger partial charge in [0, 0.05) is 24.9 Å². The SMILES string of the molecule is Cc1cc([N+](=O)[O-])cc(C)c1N(C)C(=N)N. The number of nitro benzene ring substituents is 1. The molecule has 0 aliphatic rings. The van der Waals surface area contributed by atoms with Crippen LogP contribution in [0.4, 0.5) is 11.4 Å². The van der Waals surface area contributed by atoms with Gasteiger partial charge in [0.15, 0.2) is 5.96 Å². The van der Waals surface area contributed by atoms with Crippen molar-refractivity contribution in [1.82, 2.24) is 0 Å². The molecule has 0 unspecified atom stereocenters. The maximum atomic E-state index is 10.6. The highest BCUT2D eigenvalue weighted by molar-refractivity contribution is 5.93. The Morgan fingerprint density at radius 2 is 1.88 bits per heavy atom. The van der Waals surface area contributed by atoms with E-state index in [2.05, 4.69) is 0 Å². The summed E-state index contributed by atoms with van der Waals surface area (Å²) in [6.07, 6.45) is 0. The van der Waals surface area contributed by atoms with Crippen molar-refractivity contribution in [2.75, 3.05) is 11.9 Å². The average Bonchev–Trinajstić information content (AvgIpc) is 2.15. The van der Waals surface area contributed by atoms with Crippen LogP contribution in [0.1, 0.15) is 11.1 Å². The molecule has 16 heavy (non-hydrogen) atoms. The summed E-state index contributed by atoms with van der Waals surface area (Å²) in [4.78, 5) is 11.7. The summed E-state index contributed by atoms with van der Waals surface area (Å²) in [6.45, 7) is 3.52. The third-order valence-corrected chi connectivity index (χ3v) is 2.38. The highest BCUT2D eigenvalue weighted by atomic mass is 16.6. The van der Waals surface area contributed by atoms with Crippen LogP contribution in [0.2, 0.25) is 0 Å². The minimum Gasteiger partial charge on any atom is -0.370 e. The highest BCUT2D eigenvalue weighted by Gasteiger charge is 2.15. The molecule has 6 nitrogen and oxygen atoms in total. The van der Waals surface area contributed by atoms with Crippen LogP contribution < -0.4 is 10.6 Å². The molecule has 1 aromatic rings. The molecule has 0 aromatic heterocycles. The summed E-state index contributed by atoms with van der Waals surface area (Å²) >= 11 is 0. The predicted octanol–water partition coefficient (Wildman–Crippen LogP) is 1.54. The van der Waals surface area contributed by atoms with E-state index in [0.717, 1.165) is 16.8 Å². The van der Waals surface area contributed by atoms with Gasteiger partial charge in [-0.3, -0.25) is 15.5 Å². The number of anilines is 1. The van der Waals surface area contributed by atoms with Crippen molar-refractivity contribution < 1.29 is 4.92 Å². The molecular weight excluding hydrogens is 208 g/mol. The Morgan fingerprint density at radius 1 is 1.44 bits per heavy atom. The minimum absolute atomic E-state index is 0.0516. The first-order valence-corrected chi connectivity index (χ1v) is 4.68. The molecule has 3 N–H and O–H groups in total. The van der Waals surface area contributed by atoms with Crippen LogP contribution in [0, 0.1) is 29.4 Å². The topological polar surface area (TPSA) is 96.2 Å². The van der Waals surface area contributed by atoms with Crippen molar-refractivity contribution in [3.8, 4) is 0 Å². The van der Waals surface area contributed by atoms with Gasteiger partial charge in [0.2, 0.25) is 0 Å². The summed E-state index contributed by atoms with van der Waals surface area (Å²) in [7, 11) is 1.66. The number of hydrogen-bond acceptors (Lipinski definition) is 3. The largest absolute Gasteiger partial charge is 0.370 e. The zero-order valence-electron chi connectivity index (χ0n) is 9.44. The van der Waals surface area contributed by atoms with Crippen molar-refractivity contribution in [3.05, 3.63) is 33.4 Å². The maximum absolute atomic E-state index is 10.6. The Hall–Kier alpha value is -2.11. The second kappa shape index (κ2) is 4.18. The fraction of sp³-hybridized carbons (Fsp3) is 0.300. The number of non-ortho nitro benzene ring substituents is 1. The number of nitrogens with zero attached hydrogens (tertiary/aromatic N) is 2. The van der Waals surface area contributed by atoms with E-state index < -0.39 is 4.92 Å². The van der Waals surface area contributed by atoms with Crippen molar-refractivity contribution in [1.29, 1.82) is 5.41 Å². The molecule has 0 amide bonds. The molecule has 0 aliphatic carbocycles. The Balaban J connectivity index is 3.33. The summed E-state index contributed by atoms with van der Waals surface area (Å²) < 4.78 is 0. The monoisotopic (exact) mass is 222 g/mol. The molecule has 1 aromatic carbocycles. The Morgan fingerprint density at radius 3 is 2.19 bits per heavy atom. The fourth-order valence-electron chi connectivity index (χ4n) is 1.69. The van der Waals surface area contributed by atoms with Crippen LogP contribution in [0.3, 0.4) is 0 Å². The van der Waals surface area contributed by atoms with Gasteiger partial charge in [-0.25, -0.2) is 0 Å². The van der Waals surface area contributed by atoms with E-state index in [4.69, 9.17) is 11.1 Å². The molecule has 1 rings (SSSR count). The van der Waals surface area contributed by atoms with Gasteiger partial charge in [-0.15, -0.1) is 0 Å². The molecule has 0 aliphatic heterocycles. The molecule has 0 radical (unpaired) electrons. The minimum atomic E-state index is -0.433. The lowest BCUT2D eigenvalue weighted by molar-refractivity contribution is -0.384. The molecule has 0 saturated heterocycles. The Kier molecular flexibility index (Phi) is 3.12. The van der Waals surface area contributed by atoms with E-state index >= 15 is 0 Å². The second-order valence-electron chi connectivity index (χ2n) is 3.63. The summed E-state index contributed by atoms with van der Waals surface area (Å²) in [5, 5.41) is 18.0. The third-order valence-electron chi connectivity index (χ3n) is 2.38. The zero-order chi connectivity index (χ0) is 12.5. The van der Waals surface area contributed by atoms with Gasteiger partial charge in [0.25, 0.3) is 5.69 Å². The molecule has 0 fully saturated rings. The van der Waals surface area contributed by atoms with Crippen LogP contribution in [0.15, 0.2) is 12.1 Å². The van der Waals surface area contributed by atoms with Gasteiger partial charge < -0.3 is 10.6 Å². The normalized spacial score (nSPS) is 9.94. The van der Waals surface area contributed by atoms with E-state index in [1.165, 1.54) is 17.0 Å². The van der Waals surface area contributed by atoms with Crippen LogP contribution >= 0.6 is 0 Å². The number of aryl methyl sites for hydroxylation is 2. The summed E-state index contributed by atoms with van der Waals surface area (Å²) in [5.41, 5.74) is 7.62.